The van der Waals surface area contributed by atoms with Crippen LogP contribution in [0.2, 0.25) is 0 Å². The Bertz CT molecular complexity index is 632. The van der Waals surface area contributed by atoms with Crippen LogP contribution in [-0.4, -0.2) is 5.11 Å². The number of rotatable bonds is 4. The third-order valence-electron chi connectivity index (χ3n) is 3.16. The Hall–Kier alpha value is -2.38. The van der Waals surface area contributed by atoms with Gasteiger partial charge < -0.3 is 10.4 Å². The minimum Gasteiger partial charge on any atom is -0.505 e. The molecule has 0 bridgehead atoms. The fraction of sp³-hybridized carbons (Fsp3) is 0.188. The van der Waals surface area contributed by atoms with E-state index >= 15 is 0 Å². The minimum atomic E-state index is -0.615. The van der Waals surface area contributed by atoms with E-state index in [1.165, 1.54) is 12.1 Å². The summed E-state index contributed by atoms with van der Waals surface area (Å²) in [5, 5.41) is 21.1. The maximum absolute atomic E-state index is 13.2. The van der Waals surface area contributed by atoms with Crippen LogP contribution in [0.15, 0.2) is 42.5 Å². The van der Waals surface area contributed by atoms with Crippen LogP contribution in [0.25, 0.3) is 0 Å². The van der Waals surface area contributed by atoms with Gasteiger partial charge in [0.25, 0.3) is 0 Å². The van der Waals surface area contributed by atoms with E-state index in [1.807, 2.05) is 19.1 Å². The van der Waals surface area contributed by atoms with Crippen molar-refractivity contribution in [1.29, 1.82) is 5.26 Å². The highest BCUT2D eigenvalue weighted by Gasteiger charge is 2.06. The average Bonchev–Trinajstić information content (AvgIpc) is 2.48. The molecule has 2 aromatic rings. The summed E-state index contributed by atoms with van der Waals surface area (Å²) in [6, 6.07) is 13.8. The molecule has 0 amide bonds. The van der Waals surface area contributed by atoms with E-state index in [9.17, 15) is 4.39 Å². The summed E-state index contributed by atoms with van der Waals surface area (Å²) >= 11 is 0. The number of nitriles is 1. The number of phenolic OH excluding ortho intramolecular Hbond substituents is 1. The molecule has 0 radical (unpaired) electrons. The first-order valence-electron chi connectivity index (χ1n) is 6.31. The number of benzene rings is 2. The summed E-state index contributed by atoms with van der Waals surface area (Å²) in [6.07, 6.45) is 0. The molecular weight excluding hydrogens is 255 g/mol. The van der Waals surface area contributed by atoms with Crippen molar-refractivity contribution < 1.29 is 9.50 Å². The largest absolute Gasteiger partial charge is 0.505 e. The van der Waals surface area contributed by atoms with Gasteiger partial charge in [0.15, 0.2) is 11.6 Å². The van der Waals surface area contributed by atoms with Crippen molar-refractivity contribution in [1.82, 2.24) is 5.32 Å². The molecule has 0 saturated heterocycles. The van der Waals surface area contributed by atoms with E-state index < -0.39 is 5.82 Å². The van der Waals surface area contributed by atoms with Gasteiger partial charge in [-0.25, -0.2) is 4.39 Å². The molecule has 4 heteroatoms. The number of hydrogen-bond acceptors (Lipinski definition) is 3. The normalized spacial score (nSPS) is 11.8. The Kier molecular flexibility index (Phi) is 4.34. The van der Waals surface area contributed by atoms with Crippen molar-refractivity contribution in [2.24, 2.45) is 0 Å². The van der Waals surface area contributed by atoms with Crippen LogP contribution < -0.4 is 5.32 Å². The molecule has 102 valence electrons. The maximum atomic E-state index is 13.2. The van der Waals surface area contributed by atoms with E-state index in [0.717, 1.165) is 11.1 Å². The Morgan fingerprint density at radius 3 is 2.55 bits per heavy atom. The van der Waals surface area contributed by atoms with Crippen molar-refractivity contribution in [2.75, 3.05) is 0 Å². The zero-order valence-corrected chi connectivity index (χ0v) is 11.1. The zero-order chi connectivity index (χ0) is 14.5. The third-order valence-corrected chi connectivity index (χ3v) is 3.16. The lowest BCUT2D eigenvalue weighted by atomic mass is 10.1. The second kappa shape index (κ2) is 6.18. The number of halogens is 1. The van der Waals surface area contributed by atoms with Gasteiger partial charge in [-0.05, 0) is 42.3 Å². The molecule has 1 atom stereocenters. The average molecular weight is 270 g/mol. The first kappa shape index (κ1) is 14.0. The molecular formula is C16H15FN2O. The highest BCUT2D eigenvalue weighted by molar-refractivity contribution is 5.33. The van der Waals surface area contributed by atoms with Crippen molar-refractivity contribution in [3.8, 4) is 11.8 Å². The first-order chi connectivity index (χ1) is 9.60. The lowest BCUT2D eigenvalue weighted by Crippen LogP contribution is -2.18. The van der Waals surface area contributed by atoms with Crippen LogP contribution in [0.1, 0.15) is 29.7 Å². The highest BCUT2D eigenvalue weighted by Crippen LogP contribution is 2.18. The predicted octanol–water partition coefficient (Wildman–Crippen LogP) is 3.25. The molecule has 0 aromatic heterocycles. The van der Waals surface area contributed by atoms with Crippen LogP contribution in [0.5, 0.6) is 5.75 Å². The summed E-state index contributed by atoms with van der Waals surface area (Å²) in [6.45, 7) is 2.50. The number of phenols is 1. The molecule has 0 aliphatic rings. The summed E-state index contributed by atoms with van der Waals surface area (Å²) in [5.41, 5.74) is 2.45. The summed E-state index contributed by atoms with van der Waals surface area (Å²) in [7, 11) is 0. The van der Waals surface area contributed by atoms with Gasteiger partial charge in [0.05, 0.1) is 11.6 Å². The fourth-order valence-electron chi connectivity index (χ4n) is 1.90. The Morgan fingerprint density at radius 1 is 1.25 bits per heavy atom. The smallest absolute Gasteiger partial charge is 0.165 e. The maximum Gasteiger partial charge on any atom is 0.165 e. The molecule has 0 spiro atoms. The van der Waals surface area contributed by atoms with Crippen LogP contribution in [0.4, 0.5) is 4.39 Å². The summed E-state index contributed by atoms with van der Waals surface area (Å²) in [5.74, 6) is -0.954. The van der Waals surface area contributed by atoms with Gasteiger partial charge in [-0.2, -0.15) is 5.26 Å². The molecule has 0 aliphatic carbocycles. The second-order valence-electron chi connectivity index (χ2n) is 4.62. The van der Waals surface area contributed by atoms with E-state index in [2.05, 4.69) is 11.4 Å². The van der Waals surface area contributed by atoms with Gasteiger partial charge in [0.1, 0.15) is 0 Å². The van der Waals surface area contributed by atoms with Crippen molar-refractivity contribution in [2.45, 2.75) is 19.5 Å². The quantitative estimate of drug-likeness (QED) is 0.896. The summed E-state index contributed by atoms with van der Waals surface area (Å²) in [4.78, 5) is 0. The number of aromatic hydroxyl groups is 1. The molecule has 0 aliphatic heterocycles. The van der Waals surface area contributed by atoms with Gasteiger partial charge in [0.2, 0.25) is 0 Å². The monoisotopic (exact) mass is 270 g/mol. The van der Waals surface area contributed by atoms with Crippen LogP contribution in [-0.2, 0) is 6.54 Å². The molecule has 3 nitrogen and oxygen atoms in total. The molecule has 1 unspecified atom stereocenters. The SMILES string of the molecule is CC(NCc1ccc(O)c(F)c1)c1ccc(C#N)cc1. The lowest BCUT2D eigenvalue weighted by molar-refractivity contribution is 0.431. The number of nitrogens with zero attached hydrogens (tertiary/aromatic N) is 1. The van der Waals surface area contributed by atoms with E-state index in [-0.39, 0.29) is 11.8 Å². The van der Waals surface area contributed by atoms with Gasteiger partial charge in [0, 0.05) is 12.6 Å². The molecule has 0 heterocycles. The number of nitrogens with one attached hydrogen (secondary N) is 1. The van der Waals surface area contributed by atoms with Crippen molar-refractivity contribution in [3.05, 3.63) is 65.0 Å². The molecule has 0 fully saturated rings. The second-order valence-corrected chi connectivity index (χ2v) is 4.62. The van der Waals surface area contributed by atoms with Crippen LogP contribution in [0.3, 0.4) is 0 Å². The zero-order valence-electron chi connectivity index (χ0n) is 11.1. The standard InChI is InChI=1S/C16H15FN2O/c1-11(14-5-2-12(9-18)3-6-14)19-10-13-4-7-16(20)15(17)8-13/h2-8,11,19-20H,10H2,1H3. The van der Waals surface area contributed by atoms with E-state index in [1.54, 1.807) is 18.2 Å². The molecule has 20 heavy (non-hydrogen) atoms. The first-order valence-corrected chi connectivity index (χ1v) is 6.31. The minimum absolute atomic E-state index is 0.0830. The molecule has 2 aromatic carbocycles. The van der Waals surface area contributed by atoms with Crippen molar-refractivity contribution >= 4 is 0 Å². The fourth-order valence-corrected chi connectivity index (χ4v) is 1.90. The Morgan fingerprint density at radius 2 is 1.95 bits per heavy atom. The van der Waals surface area contributed by atoms with Gasteiger partial charge in [-0.15, -0.1) is 0 Å². The Labute approximate surface area is 117 Å². The van der Waals surface area contributed by atoms with Gasteiger partial charge in [-0.1, -0.05) is 18.2 Å². The Balaban J connectivity index is 1.99. The van der Waals surface area contributed by atoms with Gasteiger partial charge >= 0.3 is 0 Å². The predicted molar refractivity (Wildman–Crippen MR) is 74.5 cm³/mol. The van der Waals surface area contributed by atoms with Crippen LogP contribution in [0, 0.1) is 17.1 Å². The van der Waals surface area contributed by atoms with E-state index in [4.69, 9.17) is 10.4 Å². The number of hydrogen-bond donors (Lipinski definition) is 2. The molecule has 2 N–H and O–H groups in total. The molecule has 0 saturated carbocycles. The van der Waals surface area contributed by atoms with Crippen molar-refractivity contribution in [3.63, 3.8) is 0 Å². The highest BCUT2D eigenvalue weighted by atomic mass is 19.1. The topological polar surface area (TPSA) is 56.0 Å². The van der Waals surface area contributed by atoms with Crippen LogP contribution >= 0.6 is 0 Å². The van der Waals surface area contributed by atoms with E-state index in [0.29, 0.717) is 12.1 Å². The lowest BCUT2D eigenvalue weighted by Gasteiger charge is -2.14. The third kappa shape index (κ3) is 3.34. The van der Waals surface area contributed by atoms with Gasteiger partial charge in [-0.3, -0.25) is 0 Å². The summed E-state index contributed by atoms with van der Waals surface area (Å²) < 4.78 is 13.2. The molecule has 2 rings (SSSR count).